The van der Waals surface area contributed by atoms with E-state index in [4.69, 9.17) is 0 Å². The average Bonchev–Trinajstić information content (AvgIpc) is 2.95. The van der Waals surface area contributed by atoms with Gasteiger partial charge in [-0.1, -0.05) is 5.56 Å². The largest absolute Gasteiger partial charge is 0.748 e. The molecule has 2 nitrogen and oxygen atoms in total. The molecule has 0 radical (unpaired) electrons. The van der Waals surface area contributed by atoms with Crippen molar-refractivity contribution in [3.63, 3.8) is 0 Å². The van der Waals surface area contributed by atoms with Crippen LogP contribution in [0.3, 0.4) is 0 Å². The van der Waals surface area contributed by atoms with Gasteiger partial charge in [0.25, 0.3) is 0 Å². The number of hydrogen-bond acceptors (Lipinski definition) is 2. The summed E-state index contributed by atoms with van der Waals surface area (Å²) in [5.41, 5.74) is 0.618. The molecule has 0 saturated heterocycles. The van der Waals surface area contributed by atoms with Crippen LogP contribution in [0.2, 0.25) is 0 Å². The fourth-order valence-electron chi connectivity index (χ4n) is 1.07. The van der Waals surface area contributed by atoms with Gasteiger partial charge in [-0.05, 0) is 0 Å². The maximum atomic E-state index is 10.9. The predicted molar refractivity (Wildman–Crippen MR) is 59.1 cm³/mol. The monoisotopic (exact) mass is 392 g/mol. The second kappa shape index (κ2) is 8.94. The molecular weight excluding hydrogens is 378 g/mol. The number of carbonyl (C=O) groups is 2. The maximum Gasteiger partial charge on any atom is 0.126 e. The molecule has 0 heterocycles. The van der Waals surface area contributed by atoms with Crippen molar-refractivity contribution >= 4 is 12.1 Å². The molecule has 0 aliphatic rings. The summed E-state index contributed by atoms with van der Waals surface area (Å²) in [6, 6.07) is 17.0. The van der Waals surface area contributed by atoms with E-state index in [2.05, 4.69) is 0 Å². The van der Waals surface area contributed by atoms with Crippen molar-refractivity contribution in [2.45, 2.75) is 6.42 Å². The number of hydrogen-bond donors (Lipinski definition) is 0. The van der Waals surface area contributed by atoms with Gasteiger partial charge in [-0.15, -0.1) is 0 Å². The van der Waals surface area contributed by atoms with Crippen molar-refractivity contribution in [2.75, 3.05) is 0 Å². The van der Waals surface area contributed by atoms with E-state index in [1.54, 1.807) is 24.3 Å². The number of ketones is 1. The van der Waals surface area contributed by atoms with Crippen LogP contribution in [-0.2, 0) is 24.6 Å². The molecule has 90 valence electrons. The Bertz CT molecular complexity index is 357. The Morgan fingerprint density at radius 2 is 1.50 bits per heavy atom. The molecule has 0 unspecified atom stereocenters. The Morgan fingerprint density at radius 3 is 1.88 bits per heavy atom. The van der Waals surface area contributed by atoms with Gasteiger partial charge in [-0.2, -0.15) is 12.1 Å². The topological polar surface area (TPSA) is 34.1 Å². The van der Waals surface area contributed by atoms with E-state index in [0.717, 1.165) is 0 Å². The second-order valence-electron chi connectivity index (χ2n) is 2.93. The second-order valence-corrected chi connectivity index (χ2v) is 2.93. The zero-order valence-corrected chi connectivity index (χ0v) is 11.2. The van der Waals surface area contributed by atoms with Crippen molar-refractivity contribution in [1.29, 1.82) is 0 Å². The van der Waals surface area contributed by atoms with Crippen LogP contribution in [-0.4, -0.2) is 12.1 Å². The van der Waals surface area contributed by atoms with Gasteiger partial charge >= 0.3 is 0 Å². The zero-order chi connectivity index (χ0) is 10.9. The van der Waals surface area contributed by atoms with Crippen LogP contribution in [0, 0.1) is 0 Å². The first-order valence-corrected chi connectivity index (χ1v) is 4.70. The molecule has 0 aromatic heterocycles. The molecule has 2 aromatic rings. The van der Waals surface area contributed by atoms with E-state index >= 15 is 0 Å². The third kappa shape index (κ3) is 5.53. The van der Waals surface area contributed by atoms with Crippen LogP contribution in [0.5, 0.6) is 0 Å². The van der Waals surface area contributed by atoms with Crippen LogP contribution in [0.4, 0.5) is 0 Å². The van der Waals surface area contributed by atoms with Gasteiger partial charge < -0.3 is 39.9 Å². The van der Waals surface area contributed by atoms with Crippen LogP contribution in [0.1, 0.15) is 16.8 Å². The van der Waals surface area contributed by atoms with Gasteiger partial charge in [0.15, 0.2) is 0 Å². The van der Waals surface area contributed by atoms with Crippen molar-refractivity contribution in [2.24, 2.45) is 0 Å². The van der Waals surface area contributed by atoms with E-state index in [1.807, 2.05) is 30.3 Å². The van der Waals surface area contributed by atoms with Gasteiger partial charge in [0.1, 0.15) is 12.1 Å². The Balaban J connectivity index is 0.000000318. The molecular formula is C13H12O2Os-6. The number of aldehydes is 1. The Morgan fingerprint density at radius 1 is 1.06 bits per heavy atom. The molecule has 0 N–H and O–H groups in total. The minimum absolute atomic E-state index is 0. The summed E-state index contributed by atoms with van der Waals surface area (Å²) >= 11 is 0. The third-order valence-electron chi connectivity index (χ3n) is 1.81. The van der Waals surface area contributed by atoms with Crippen molar-refractivity contribution in [3.05, 3.63) is 60.2 Å². The molecule has 0 aliphatic carbocycles. The van der Waals surface area contributed by atoms with Crippen molar-refractivity contribution in [3.8, 4) is 0 Å². The van der Waals surface area contributed by atoms with Crippen LogP contribution >= 0.6 is 0 Å². The molecule has 0 atom stereocenters. The minimum atomic E-state index is -0.111. The van der Waals surface area contributed by atoms with Gasteiger partial charge in [-0.25, -0.2) is 12.1 Å². The Kier molecular flexibility index (Phi) is 8.20. The molecule has 16 heavy (non-hydrogen) atoms. The SMILES string of the molecule is O=CCC(=O)[c-]1cccc1.[Os].[cH-]1[cH-][cH-][cH-][cH-]1. The summed E-state index contributed by atoms with van der Waals surface area (Å²) in [5.74, 6) is -0.111. The van der Waals surface area contributed by atoms with E-state index in [-0.39, 0.29) is 32.0 Å². The number of rotatable bonds is 3. The summed E-state index contributed by atoms with van der Waals surface area (Å²) in [4.78, 5) is 20.8. The van der Waals surface area contributed by atoms with Gasteiger partial charge in [-0.3, -0.25) is 0 Å². The molecule has 3 heteroatoms. The smallest absolute Gasteiger partial charge is 0.126 e. The van der Waals surface area contributed by atoms with E-state index < -0.39 is 0 Å². The fraction of sp³-hybridized carbons (Fsp3) is 0.0769. The normalized spacial score (nSPS) is 8.25. The molecule has 0 aliphatic heterocycles. The first-order valence-electron chi connectivity index (χ1n) is 4.70. The van der Waals surface area contributed by atoms with E-state index in [9.17, 15) is 9.59 Å². The zero-order valence-electron chi connectivity index (χ0n) is 8.65. The molecule has 2 aromatic carbocycles. The van der Waals surface area contributed by atoms with Crippen LogP contribution < -0.4 is 0 Å². The summed E-state index contributed by atoms with van der Waals surface area (Å²) in [5, 5.41) is 0. The fourth-order valence-corrected chi connectivity index (χ4v) is 1.07. The molecule has 0 bridgehead atoms. The van der Waals surface area contributed by atoms with E-state index in [1.165, 1.54) is 0 Å². The van der Waals surface area contributed by atoms with Crippen LogP contribution in [0.25, 0.3) is 0 Å². The first kappa shape index (κ1) is 14.7. The van der Waals surface area contributed by atoms with E-state index in [0.29, 0.717) is 11.8 Å². The average molecular weight is 390 g/mol. The van der Waals surface area contributed by atoms with Crippen molar-refractivity contribution < 1.29 is 29.4 Å². The van der Waals surface area contributed by atoms with Gasteiger partial charge in [0.05, 0.1) is 6.42 Å². The molecule has 0 fully saturated rings. The van der Waals surface area contributed by atoms with Gasteiger partial charge in [0.2, 0.25) is 0 Å². The maximum absolute atomic E-state index is 10.9. The molecule has 2 rings (SSSR count). The van der Waals surface area contributed by atoms with Gasteiger partial charge in [0, 0.05) is 19.8 Å². The molecule has 0 spiro atoms. The predicted octanol–water partition coefficient (Wildman–Crippen LogP) is 2.58. The van der Waals surface area contributed by atoms with Crippen molar-refractivity contribution in [1.82, 2.24) is 0 Å². The Labute approximate surface area is 108 Å². The minimum Gasteiger partial charge on any atom is -0.748 e. The quantitative estimate of drug-likeness (QED) is 0.349. The first-order chi connectivity index (χ1) is 7.34. The number of carbonyl (C=O) groups excluding carboxylic acids is 2. The summed E-state index contributed by atoms with van der Waals surface area (Å²) < 4.78 is 0. The summed E-state index contributed by atoms with van der Waals surface area (Å²) in [7, 11) is 0. The standard InChI is InChI=1S/C8H7O2.C5H5.Os/c9-6-5-8(10)7-3-1-2-4-7;1-2-4-5-3-1;/h1-4,6H,5H2;1-5H;/q-1;-5;. The summed E-state index contributed by atoms with van der Waals surface area (Å²) in [6.45, 7) is 0. The molecule has 0 amide bonds. The Hall–Kier alpha value is -1.32. The molecule has 0 saturated carbocycles. The third-order valence-corrected chi connectivity index (χ3v) is 1.81. The summed E-state index contributed by atoms with van der Waals surface area (Å²) in [6.07, 6.45) is 0.610. The number of Topliss-reactive ketones (excluding diaryl/α,β-unsaturated/α-hetero) is 1. The van der Waals surface area contributed by atoms with Crippen LogP contribution in [0.15, 0.2) is 54.6 Å².